The Morgan fingerprint density at radius 2 is 2.00 bits per heavy atom. The van der Waals surface area contributed by atoms with Gasteiger partial charge in [0, 0.05) is 11.7 Å². The van der Waals surface area contributed by atoms with Crippen LogP contribution in [0.4, 0.5) is 0 Å². The van der Waals surface area contributed by atoms with Gasteiger partial charge in [0.15, 0.2) is 0 Å². The van der Waals surface area contributed by atoms with Gasteiger partial charge in [-0.15, -0.1) is 0 Å². The first kappa shape index (κ1) is 14.2. The standard InChI is InChI=1S/C13H18N2O3/c1-9-6-5-7-14-11(9)12(18)15(8-10(16)17)13(2,3)4/h5-7H,8H2,1-4H3,(H,16,17). The van der Waals surface area contributed by atoms with Crippen molar-refractivity contribution in [2.24, 2.45) is 0 Å². The third kappa shape index (κ3) is 3.29. The number of carbonyl (C=O) groups is 2. The van der Waals surface area contributed by atoms with Gasteiger partial charge < -0.3 is 10.0 Å². The van der Waals surface area contributed by atoms with E-state index in [1.54, 1.807) is 39.8 Å². The number of amides is 1. The fraction of sp³-hybridized carbons (Fsp3) is 0.462. The van der Waals surface area contributed by atoms with E-state index in [9.17, 15) is 9.59 Å². The van der Waals surface area contributed by atoms with Crippen molar-refractivity contribution < 1.29 is 14.7 Å². The fourth-order valence-corrected chi connectivity index (χ4v) is 1.59. The first-order valence-corrected chi connectivity index (χ1v) is 5.69. The minimum Gasteiger partial charge on any atom is -0.480 e. The van der Waals surface area contributed by atoms with Crippen molar-refractivity contribution in [3.63, 3.8) is 0 Å². The topological polar surface area (TPSA) is 70.5 Å². The van der Waals surface area contributed by atoms with E-state index < -0.39 is 11.5 Å². The Balaban J connectivity index is 3.11. The molecule has 5 nitrogen and oxygen atoms in total. The van der Waals surface area contributed by atoms with Crippen molar-refractivity contribution in [3.05, 3.63) is 29.6 Å². The van der Waals surface area contributed by atoms with E-state index in [1.165, 1.54) is 11.1 Å². The van der Waals surface area contributed by atoms with E-state index in [0.717, 1.165) is 5.56 Å². The molecule has 1 aromatic rings. The number of hydrogen-bond acceptors (Lipinski definition) is 3. The number of aromatic nitrogens is 1. The molecular weight excluding hydrogens is 232 g/mol. The van der Waals surface area contributed by atoms with Crippen LogP contribution in [0.1, 0.15) is 36.8 Å². The van der Waals surface area contributed by atoms with Gasteiger partial charge in [0.05, 0.1) is 0 Å². The molecule has 0 bridgehead atoms. The zero-order valence-corrected chi connectivity index (χ0v) is 11.1. The van der Waals surface area contributed by atoms with E-state index in [4.69, 9.17) is 5.11 Å². The quantitative estimate of drug-likeness (QED) is 0.886. The number of carbonyl (C=O) groups excluding carboxylic acids is 1. The molecule has 98 valence electrons. The lowest BCUT2D eigenvalue weighted by atomic mass is 10.0. The second kappa shape index (κ2) is 5.16. The van der Waals surface area contributed by atoms with Crippen LogP contribution < -0.4 is 0 Å². The molecule has 0 spiro atoms. The second-order valence-corrected chi connectivity index (χ2v) is 5.12. The molecule has 1 N–H and O–H groups in total. The molecule has 0 aliphatic rings. The Morgan fingerprint density at radius 3 is 2.44 bits per heavy atom. The fourth-order valence-electron chi connectivity index (χ4n) is 1.59. The predicted molar refractivity (Wildman–Crippen MR) is 67.4 cm³/mol. The van der Waals surface area contributed by atoms with Crippen LogP contribution in [-0.2, 0) is 4.79 Å². The minimum atomic E-state index is -1.04. The lowest BCUT2D eigenvalue weighted by molar-refractivity contribution is -0.138. The summed E-state index contributed by atoms with van der Waals surface area (Å²) in [6, 6.07) is 3.52. The Labute approximate surface area is 106 Å². The van der Waals surface area contributed by atoms with E-state index in [-0.39, 0.29) is 12.5 Å². The zero-order valence-electron chi connectivity index (χ0n) is 11.1. The van der Waals surface area contributed by atoms with Crippen LogP contribution in [0.15, 0.2) is 18.3 Å². The summed E-state index contributed by atoms with van der Waals surface area (Å²) in [5, 5.41) is 8.90. The molecule has 18 heavy (non-hydrogen) atoms. The average molecular weight is 250 g/mol. The summed E-state index contributed by atoms with van der Waals surface area (Å²) in [5.74, 6) is -1.39. The third-order valence-corrected chi connectivity index (χ3v) is 2.56. The van der Waals surface area contributed by atoms with Crippen molar-refractivity contribution >= 4 is 11.9 Å². The summed E-state index contributed by atoms with van der Waals surface area (Å²) in [4.78, 5) is 28.6. The molecule has 0 aliphatic heterocycles. The minimum absolute atomic E-state index is 0.300. The average Bonchev–Trinajstić information content (AvgIpc) is 2.24. The SMILES string of the molecule is Cc1cccnc1C(=O)N(CC(=O)O)C(C)(C)C. The van der Waals surface area contributed by atoms with Gasteiger partial charge in [-0.25, -0.2) is 0 Å². The van der Waals surface area contributed by atoms with Crippen LogP contribution in [-0.4, -0.2) is 39.0 Å². The molecular formula is C13H18N2O3. The van der Waals surface area contributed by atoms with Gasteiger partial charge in [0.25, 0.3) is 5.91 Å². The van der Waals surface area contributed by atoms with Crippen molar-refractivity contribution in [1.82, 2.24) is 9.88 Å². The molecule has 0 fully saturated rings. The van der Waals surface area contributed by atoms with Gasteiger partial charge in [-0.1, -0.05) is 6.07 Å². The maximum Gasteiger partial charge on any atom is 0.323 e. The largest absolute Gasteiger partial charge is 0.480 e. The van der Waals surface area contributed by atoms with E-state index in [0.29, 0.717) is 5.69 Å². The van der Waals surface area contributed by atoms with E-state index >= 15 is 0 Å². The van der Waals surface area contributed by atoms with Crippen LogP contribution in [0.2, 0.25) is 0 Å². The third-order valence-electron chi connectivity index (χ3n) is 2.56. The summed E-state index contributed by atoms with van der Waals surface area (Å²) in [6.45, 7) is 6.84. The van der Waals surface area contributed by atoms with Gasteiger partial charge in [-0.05, 0) is 39.3 Å². The normalized spacial score (nSPS) is 11.1. The summed E-state index contributed by atoms with van der Waals surface area (Å²) < 4.78 is 0. The molecule has 1 aromatic heterocycles. The smallest absolute Gasteiger partial charge is 0.323 e. The maximum absolute atomic E-state index is 12.3. The molecule has 0 atom stereocenters. The highest BCUT2D eigenvalue weighted by molar-refractivity contribution is 5.95. The lowest BCUT2D eigenvalue weighted by Crippen LogP contribution is -2.48. The first-order chi connectivity index (χ1) is 8.23. The van der Waals surface area contributed by atoms with Crippen molar-refractivity contribution in [3.8, 4) is 0 Å². The zero-order chi connectivity index (χ0) is 13.9. The molecule has 0 aliphatic carbocycles. The van der Waals surface area contributed by atoms with Crippen LogP contribution in [0.3, 0.4) is 0 Å². The van der Waals surface area contributed by atoms with E-state index in [2.05, 4.69) is 4.98 Å². The predicted octanol–water partition coefficient (Wildman–Crippen LogP) is 1.72. The number of aliphatic carboxylic acids is 1. The number of rotatable bonds is 3. The molecule has 1 heterocycles. The number of aryl methyl sites for hydroxylation is 1. The van der Waals surface area contributed by atoms with Crippen LogP contribution in [0, 0.1) is 6.92 Å². The summed E-state index contributed by atoms with van der Waals surface area (Å²) in [5.41, 5.74) is 0.468. The highest BCUT2D eigenvalue weighted by atomic mass is 16.4. The van der Waals surface area contributed by atoms with Crippen LogP contribution >= 0.6 is 0 Å². The summed E-state index contributed by atoms with van der Waals surface area (Å²) in [7, 11) is 0. The Bertz CT molecular complexity index is 464. The van der Waals surface area contributed by atoms with E-state index in [1.807, 2.05) is 0 Å². The molecule has 1 amide bonds. The maximum atomic E-state index is 12.3. The second-order valence-electron chi connectivity index (χ2n) is 5.12. The van der Waals surface area contributed by atoms with Crippen molar-refractivity contribution in [1.29, 1.82) is 0 Å². The Hall–Kier alpha value is -1.91. The van der Waals surface area contributed by atoms with Gasteiger partial charge in [-0.2, -0.15) is 0 Å². The molecule has 0 saturated heterocycles. The highest BCUT2D eigenvalue weighted by Crippen LogP contribution is 2.17. The molecule has 1 rings (SSSR count). The number of hydrogen-bond donors (Lipinski definition) is 1. The van der Waals surface area contributed by atoms with Gasteiger partial charge in [0.2, 0.25) is 0 Å². The van der Waals surface area contributed by atoms with Crippen molar-refractivity contribution in [2.75, 3.05) is 6.54 Å². The number of pyridine rings is 1. The summed E-state index contributed by atoms with van der Waals surface area (Å²) >= 11 is 0. The first-order valence-electron chi connectivity index (χ1n) is 5.69. The number of nitrogens with zero attached hydrogens (tertiary/aromatic N) is 2. The van der Waals surface area contributed by atoms with Crippen LogP contribution in [0.25, 0.3) is 0 Å². The van der Waals surface area contributed by atoms with Crippen LogP contribution in [0.5, 0.6) is 0 Å². The number of carboxylic acids is 1. The number of carboxylic acid groups (broad SMARTS) is 1. The van der Waals surface area contributed by atoms with Crippen molar-refractivity contribution in [2.45, 2.75) is 33.2 Å². The highest BCUT2D eigenvalue weighted by Gasteiger charge is 2.30. The monoisotopic (exact) mass is 250 g/mol. The Morgan fingerprint density at radius 1 is 1.39 bits per heavy atom. The van der Waals surface area contributed by atoms with Gasteiger partial charge in [-0.3, -0.25) is 14.6 Å². The molecule has 0 radical (unpaired) electrons. The summed E-state index contributed by atoms with van der Waals surface area (Å²) in [6.07, 6.45) is 1.53. The van der Waals surface area contributed by atoms with Gasteiger partial charge >= 0.3 is 5.97 Å². The molecule has 0 unspecified atom stereocenters. The molecule has 5 heteroatoms. The Kier molecular flexibility index (Phi) is 4.06. The lowest BCUT2D eigenvalue weighted by Gasteiger charge is -2.34. The van der Waals surface area contributed by atoms with Gasteiger partial charge in [0.1, 0.15) is 12.2 Å². The molecule has 0 saturated carbocycles. The molecule has 0 aromatic carbocycles.